The lowest BCUT2D eigenvalue weighted by atomic mass is 10.1. The third kappa shape index (κ3) is 2.08. The Morgan fingerprint density at radius 3 is 3.07 bits per heavy atom. The topological polar surface area (TPSA) is 70.3 Å². The van der Waals surface area contributed by atoms with Crippen molar-refractivity contribution in [1.29, 1.82) is 0 Å². The van der Waals surface area contributed by atoms with Gasteiger partial charge in [-0.25, -0.2) is 4.98 Å². The first-order valence-electron chi connectivity index (χ1n) is 5.05. The fourth-order valence-electron chi connectivity index (χ4n) is 1.68. The molecule has 5 heteroatoms. The first-order chi connectivity index (χ1) is 7.35. The smallest absolute Gasteiger partial charge is 0.220 e. The molecule has 2 heterocycles. The van der Waals surface area contributed by atoms with Crippen molar-refractivity contribution >= 4 is 0 Å². The highest BCUT2D eigenvalue weighted by Gasteiger charge is 2.18. The van der Waals surface area contributed by atoms with E-state index in [0.29, 0.717) is 32.1 Å². The van der Waals surface area contributed by atoms with E-state index in [1.165, 1.54) is 0 Å². The minimum absolute atomic E-state index is 0.544. The van der Waals surface area contributed by atoms with Crippen LogP contribution in [-0.2, 0) is 24.2 Å². The summed E-state index contributed by atoms with van der Waals surface area (Å²) in [6, 6.07) is 0. The van der Waals surface area contributed by atoms with Crippen molar-refractivity contribution in [1.82, 2.24) is 9.97 Å². The summed E-state index contributed by atoms with van der Waals surface area (Å²) in [5.41, 5.74) is 7.49. The van der Waals surface area contributed by atoms with Gasteiger partial charge in [-0.1, -0.05) is 0 Å². The number of hydrogen-bond donors (Lipinski definition) is 1. The SMILES string of the molecule is COc1nc(CCN)nc2c1CCOC2. The molecular formula is C10H15N3O2. The van der Waals surface area contributed by atoms with Crippen molar-refractivity contribution < 1.29 is 9.47 Å². The predicted molar refractivity (Wildman–Crippen MR) is 54.7 cm³/mol. The van der Waals surface area contributed by atoms with Crippen LogP contribution in [-0.4, -0.2) is 30.2 Å². The van der Waals surface area contributed by atoms with Crippen LogP contribution in [0.25, 0.3) is 0 Å². The molecule has 2 rings (SSSR count). The van der Waals surface area contributed by atoms with Gasteiger partial charge in [0.25, 0.3) is 0 Å². The Morgan fingerprint density at radius 2 is 2.33 bits per heavy atom. The number of nitrogens with zero attached hydrogens (tertiary/aromatic N) is 2. The summed E-state index contributed by atoms with van der Waals surface area (Å²) < 4.78 is 10.6. The van der Waals surface area contributed by atoms with Crippen LogP contribution in [0.4, 0.5) is 0 Å². The average molecular weight is 209 g/mol. The first-order valence-corrected chi connectivity index (χ1v) is 5.05. The number of methoxy groups -OCH3 is 1. The summed E-state index contributed by atoms with van der Waals surface area (Å²) in [6.07, 6.45) is 1.49. The Bertz CT molecular complexity index is 338. The summed E-state index contributed by atoms with van der Waals surface area (Å²) in [6.45, 7) is 1.80. The normalized spacial score (nSPS) is 14.8. The van der Waals surface area contributed by atoms with Gasteiger partial charge >= 0.3 is 0 Å². The molecule has 2 N–H and O–H groups in total. The van der Waals surface area contributed by atoms with E-state index in [9.17, 15) is 0 Å². The zero-order valence-electron chi connectivity index (χ0n) is 8.82. The number of hydrogen-bond acceptors (Lipinski definition) is 5. The van der Waals surface area contributed by atoms with Gasteiger partial charge in [0.1, 0.15) is 5.82 Å². The number of aromatic nitrogens is 2. The van der Waals surface area contributed by atoms with Crippen LogP contribution in [0, 0.1) is 0 Å². The Labute approximate surface area is 88.6 Å². The van der Waals surface area contributed by atoms with E-state index in [1.54, 1.807) is 7.11 Å². The predicted octanol–water partition coefficient (Wildman–Crippen LogP) is 0.0591. The molecule has 0 radical (unpaired) electrons. The highest BCUT2D eigenvalue weighted by Crippen LogP contribution is 2.23. The van der Waals surface area contributed by atoms with Crippen LogP contribution in [0.3, 0.4) is 0 Å². The fraction of sp³-hybridized carbons (Fsp3) is 0.600. The molecule has 5 nitrogen and oxygen atoms in total. The van der Waals surface area contributed by atoms with Gasteiger partial charge in [0.15, 0.2) is 0 Å². The second-order valence-corrected chi connectivity index (χ2v) is 3.42. The molecule has 0 fully saturated rings. The van der Waals surface area contributed by atoms with Crippen LogP contribution < -0.4 is 10.5 Å². The molecular weight excluding hydrogens is 194 g/mol. The Balaban J connectivity index is 2.38. The highest BCUT2D eigenvalue weighted by atomic mass is 16.5. The van der Waals surface area contributed by atoms with E-state index in [-0.39, 0.29) is 0 Å². The van der Waals surface area contributed by atoms with Crippen molar-refractivity contribution in [3.8, 4) is 5.88 Å². The van der Waals surface area contributed by atoms with Gasteiger partial charge < -0.3 is 15.2 Å². The summed E-state index contributed by atoms with van der Waals surface area (Å²) in [7, 11) is 1.63. The number of fused-ring (bicyclic) bond motifs is 1. The lowest BCUT2D eigenvalue weighted by molar-refractivity contribution is 0.105. The molecule has 15 heavy (non-hydrogen) atoms. The largest absolute Gasteiger partial charge is 0.481 e. The minimum Gasteiger partial charge on any atom is -0.481 e. The summed E-state index contributed by atoms with van der Waals surface area (Å²) >= 11 is 0. The van der Waals surface area contributed by atoms with Crippen molar-refractivity contribution in [2.24, 2.45) is 5.73 Å². The molecule has 0 saturated carbocycles. The molecule has 1 aliphatic rings. The molecule has 0 atom stereocenters. The van der Waals surface area contributed by atoms with E-state index in [2.05, 4.69) is 9.97 Å². The van der Waals surface area contributed by atoms with E-state index in [0.717, 1.165) is 23.5 Å². The van der Waals surface area contributed by atoms with Gasteiger partial charge in [0.05, 0.1) is 26.0 Å². The molecule has 0 aliphatic carbocycles. The van der Waals surface area contributed by atoms with Gasteiger partial charge in [0.2, 0.25) is 5.88 Å². The maximum absolute atomic E-state index is 5.48. The molecule has 1 aliphatic heterocycles. The summed E-state index contributed by atoms with van der Waals surface area (Å²) in [5.74, 6) is 1.41. The number of nitrogens with two attached hydrogens (primary N) is 1. The van der Waals surface area contributed by atoms with E-state index in [4.69, 9.17) is 15.2 Å². The van der Waals surface area contributed by atoms with Gasteiger partial charge in [0, 0.05) is 18.4 Å². The molecule has 0 saturated heterocycles. The third-order valence-corrected chi connectivity index (χ3v) is 2.40. The Kier molecular flexibility index (Phi) is 3.13. The zero-order valence-corrected chi connectivity index (χ0v) is 8.82. The standard InChI is InChI=1S/C10H15N3O2/c1-14-10-7-3-5-15-6-8(7)12-9(13-10)2-4-11/h2-6,11H2,1H3. The molecule has 0 spiro atoms. The van der Waals surface area contributed by atoms with Gasteiger partial charge in [-0.15, -0.1) is 0 Å². The van der Waals surface area contributed by atoms with Gasteiger partial charge in [-0.05, 0) is 6.54 Å². The van der Waals surface area contributed by atoms with E-state index >= 15 is 0 Å². The van der Waals surface area contributed by atoms with Gasteiger partial charge in [-0.3, -0.25) is 0 Å². The van der Waals surface area contributed by atoms with Gasteiger partial charge in [-0.2, -0.15) is 4.98 Å². The Morgan fingerprint density at radius 1 is 1.47 bits per heavy atom. The highest BCUT2D eigenvalue weighted by molar-refractivity contribution is 5.32. The molecule has 1 aromatic heterocycles. The molecule has 1 aromatic rings. The third-order valence-electron chi connectivity index (χ3n) is 2.40. The van der Waals surface area contributed by atoms with E-state index in [1.807, 2.05) is 0 Å². The van der Waals surface area contributed by atoms with Crippen molar-refractivity contribution in [3.63, 3.8) is 0 Å². The molecule has 0 unspecified atom stereocenters. The van der Waals surface area contributed by atoms with Crippen LogP contribution in [0.15, 0.2) is 0 Å². The zero-order chi connectivity index (χ0) is 10.7. The quantitative estimate of drug-likeness (QED) is 0.762. The molecule has 0 amide bonds. The van der Waals surface area contributed by atoms with E-state index < -0.39 is 0 Å². The number of ether oxygens (including phenoxy) is 2. The molecule has 0 aromatic carbocycles. The van der Waals surface area contributed by atoms with Crippen LogP contribution >= 0.6 is 0 Å². The average Bonchev–Trinajstić information content (AvgIpc) is 2.28. The van der Waals surface area contributed by atoms with Crippen molar-refractivity contribution in [3.05, 3.63) is 17.1 Å². The van der Waals surface area contributed by atoms with Crippen LogP contribution in [0.2, 0.25) is 0 Å². The second kappa shape index (κ2) is 4.55. The van der Waals surface area contributed by atoms with Crippen molar-refractivity contribution in [2.45, 2.75) is 19.4 Å². The minimum atomic E-state index is 0.544. The Hall–Kier alpha value is -1.20. The molecule has 82 valence electrons. The lowest BCUT2D eigenvalue weighted by Gasteiger charge is -2.18. The van der Waals surface area contributed by atoms with Crippen LogP contribution in [0.5, 0.6) is 5.88 Å². The second-order valence-electron chi connectivity index (χ2n) is 3.42. The maximum Gasteiger partial charge on any atom is 0.220 e. The number of rotatable bonds is 3. The van der Waals surface area contributed by atoms with Crippen LogP contribution in [0.1, 0.15) is 17.1 Å². The fourth-order valence-corrected chi connectivity index (χ4v) is 1.68. The summed E-state index contributed by atoms with van der Waals surface area (Å²) in [4.78, 5) is 8.74. The first kappa shape index (κ1) is 10.3. The lowest BCUT2D eigenvalue weighted by Crippen LogP contribution is -2.17. The summed E-state index contributed by atoms with van der Waals surface area (Å²) in [5, 5.41) is 0. The molecule has 0 bridgehead atoms. The van der Waals surface area contributed by atoms with Crippen molar-refractivity contribution in [2.75, 3.05) is 20.3 Å². The monoisotopic (exact) mass is 209 g/mol. The maximum atomic E-state index is 5.48.